The number of esters is 1. The number of ether oxygens (including phenoxy) is 1. The molecule has 0 aromatic rings. The van der Waals surface area contributed by atoms with Crippen molar-refractivity contribution >= 4 is 21.9 Å². The van der Waals surface area contributed by atoms with Crippen molar-refractivity contribution < 1.29 is 32.0 Å². The summed E-state index contributed by atoms with van der Waals surface area (Å²) in [7, 11) is -2.31. The molecule has 7 nitrogen and oxygen atoms in total. The summed E-state index contributed by atoms with van der Waals surface area (Å²) < 4.78 is 35.7. The number of aliphatic hydroxyl groups is 1. The summed E-state index contributed by atoms with van der Waals surface area (Å²) in [6.07, 6.45) is 8.12. The Kier molecular flexibility index (Phi) is 6.98. The number of methoxy groups -OCH3 is 1. The number of hydrogen-bond donors (Lipinski definition) is 1. The lowest BCUT2D eigenvalue weighted by atomic mass is 9.33. The number of hydrogen-bond acceptors (Lipinski definition) is 7. The number of allylic oxidation sites excluding steroid dienone is 2. The van der Waals surface area contributed by atoms with Gasteiger partial charge in [-0.2, -0.15) is 8.42 Å². The minimum atomic E-state index is -3.78. The number of carbonyl (C=O) groups excluding carboxylic acids is 2. The molecule has 0 aromatic heterocycles. The van der Waals surface area contributed by atoms with Gasteiger partial charge in [0.15, 0.2) is 5.78 Å². The van der Waals surface area contributed by atoms with E-state index in [0.717, 1.165) is 50.4 Å². The van der Waals surface area contributed by atoms with Gasteiger partial charge in [0.1, 0.15) is 0 Å². The van der Waals surface area contributed by atoms with Gasteiger partial charge in [-0.05, 0) is 96.5 Å². The highest BCUT2D eigenvalue weighted by Gasteiger charge is 2.71. The second kappa shape index (κ2) is 9.25. The van der Waals surface area contributed by atoms with Crippen LogP contribution in [0.1, 0.15) is 92.9 Å². The van der Waals surface area contributed by atoms with Crippen LogP contribution in [0.2, 0.25) is 0 Å². The molecular formula is C33H50O7S. The maximum atomic E-state index is 14.5. The third-order valence-corrected chi connectivity index (χ3v) is 14.0. The molecule has 5 rings (SSSR count). The molecule has 5 aliphatic rings. The molecule has 0 saturated heterocycles. The van der Waals surface area contributed by atoms with Crippen molar-refractivity contribution in [3.63, 3.8) is 0 Å². The third kappa shape index (κ3) is 4.12. The molecule has 8 heteroatoms. The van der Waals surface area contributed by atoms with Crippen molar-refractivity contribution in [2.75, 3.05) is 20.0 Å². The zero-order valence-corrected chi connectivity index (χ0v) is 27.1. The van der Waals surface area contributed by atoms with E-state index in [1.807, 2.05) is 13.0 Å². The lowest BCUT2D eigenvalue weighted by Gasteiger charge is -2.70. The predicted molar refractivity (Wildman–Crippen MR) is 157 cm³/mol. The van der Waals surface area contributed by atoms with E-state index in [2.05, 4.69) is 41.2 Å². The van der Waals surface area contributed by atoms with Crippen molar-refractivity contribution in [2.45, 2.75) is 99.0 Å². The molecule has 0 unspecified atom stereocenters. The molecule has 1 N–H and O–H groups in total. The molecule has 230 valence electrons. The van der Waals surface area contributed by atoms with Crippen molar-refractivity contribution in [3.05, 3.63) is 23.8 Å². The molecule has 0 bridgehead atoms. The Morgan fingerprint density at radius 3 is 2.27 bits per heavy atom. The number of fused-ring (bicyclic) bond motifs is 7. The van der Waals surface area contributed by atoms with Crippen LogP contribution in [0, 0.1) is 50.2 Å². The molecule has 0 aliphatic heterocycles. The highest BCUT2D eigenvalue weighted by atomic mass is 32.2. The molecule has 9 atom stereocenters. The van der Waals surface area contributed by atoms with Crippen LogP contribution in [-0.4, -0.2) is 51.4 Å². The Bertz CT molecular complexity index is 1310. The van der Waals surface area contributed by atoms with Crippen LogP contribution in [0.3, 0.4) is 0 Å². The van der Waals surface area contributed by atoms with Crippen molar-refractivity contribution in [1.29, 1.82) is 0 Å². The third-order valence-electron chi connectivity index (χ3n) is 13.4. The monoisotopic (exact) mass is 590 g/mol. The standard InChI is InChI=1S/C33H50O7S/c1-20-23(40-41(9,37)38)18-29(4)24(30(20,5)19-34)10-11-31(6)25(29)16-22(35)26-21-17-28(2,3)12-14-33(21,27(36)39-8)15-13-32(26,31)7/h16,21,23-24,26,34H,1,10-15,17-19H2,2-9H3/t21-,23+,24+,26-,29-,30-,31+,32+,33-/m0/s1. The van der Waals surface area contributed by atoms with Gasteiger partial charge in [-0.15, -0.1) is 0 Å². The maximum Gasteiger partial charge on any atom is 0.312 e. The Labute approximate surface area is 246 Å². The van der Waals surface area contributed by atoms with Gasteiger partial charge in [-0.1, -0.05) is 53.7 Å². The Morgan fingerprint density at radius 1 is 1.05 bits per heavy atom. The van der Waals surface area contributed by atoms with Crippen molar-refractivity contribution in [3.8, 4) is 0 Å². The van der Waals surface area contributed by atoms with E-state index in [1.54, 1.807) is 0 Å². The Morgan fingerprint density at radius 2 is 1.68 bits per heavy atom. The number of rotatable bonds is 4. The fourth-order valence-electron chi connectivity index (χ4n) is 10.9. The summed E-state index contributed by atoms with van der Waals surface area (Å²) in [6, 6.07) is 0. The first-order chi connectivity index (χ1) is 18.7. The molecule has 0 spiro atoms. The lowest BCUT2D eigenvalue weighted by molar-refractivity contribution is -0.193. The predicted octanol–water partition coefficient (Wildman–Crippen LogP) is 5.62. The number of aliphatic hydroxyl groups excluding tert-OH is 1. The first kappa shape index (κ1) is 30.9. The first-order valence-electron chi connectivity index (χ1n) is 15.3. The molecule has 41 heavy (non-hydrogen) atoms. The van der Waals surface area contributed by atoms with E-state index < -0.39 is 32.5 Å². The summed E-state index contributed by atoms with van der Waals surface area (Å²) >= 11 is 0. The van der Waals surface area contributed by atoms with Gasteiger partial charge >= 0.3 is 5.97 Å². The summed E-state index contributed by atoms with van der Waals surface area (Å²) in [5, 5.41) is 10.7. The smallest absolute Gasteiger partial charge is 0.312 e. The van der Waals surface area contributed by atoms with Gasteiger partial charge in [-0.3, -0.25) is 13.8 Å². The minimum Gasteiger partial charge on any atom is -0.469 e. The summed E-state index contributed by atoms with van der Waals surface area (Å²) in [6.45, 7) is 17.2. The van der Waals surface area contributed by atoms with Crippen LogP contribution < -0.4 is 0 Å². The Balaban J connectivity index is 1.67. The zero-order valence-electron chi connectivity index (χ0n) is 26.3. The van der Waals surface area contributed by atoms with E-state index in [-0.39, 0.29) is 52.4 Å². The molecule has 4 saturated carbocycles. The van der Waals surface area contributed by atoms with Crippen LogP contribution in [0.5, 0.6) is 0 Å². The van der Waals surface area contributed by atoms with Gasteiger partial charge < -0.3 is 9.84 Å². The zero-order chi connectivity index (χ0) is 30.6. The second-order valence-corrected chi connectivity index (χ2v) is 17.5. The highest BCUT2D eigenvalue weighted by molar-refractivity contribution is 7.86. The number of carbonyl (C=O) groups is 2. The van der Waals surface area contributed by atoms with Crippen LogP contribution in [0.4, 0.5) is 0 Å². The largest absolute Gasteiger partial charge is 0.469 e. The lowest BCUT2D eigenvalue weighted by Crippen LogP contribution is -2.66. The molecular weight excluding hydrogens is 540 g/mol. The fourth-order valence-corrected chi connectivity index (χ4v) is 11.5. The van der Waals surface area contributed by atoms with Gasteiger partial charge in [0.25, 0.3) is 10.1 Å². The van der Waals surface area contributed by atoms with Gasteiger partial charge in [-0.25, -0.2) is 0 Å². The quantitative estimate of drug-likeness (QED) is 0.257. The SMILES string of the molecule is C=C1[C@H](OS(C)(=O)=O)C[C@]2(C)C3=CC(=O)[C@@H]4[C@@H]5CC(C)(C)CC[C@]5(C(=O)OC)CC[C@@]4(C)[C@]3(C)CC[C@H]2[C@@]1(C)CO. The summed E-state index contributed by atoms with van der Waals surface area (Å²) in [4.78, 5) is 28.0. The molecule has 0 radical (unpaired) electrons. The fraction of sp³-hybridized carbons (Fsp3) is 0.818. The average Bonchev–Trinajstić information content (AvgIpc) is 2.87. The van der Waals surface area contributed by atoms with Gasteiger partial charge in [0.05, 0.1) is 31.5 Å². The van der Waals surface area contributed by atoms with Crippen LogP contribution in [0.15, 0.2) is 23.8 Å². The topological polar surface area (TPSA) is 107 Å². The van der Waals surface area contributed by atoms with E-state index in [1.165, 1.54) is 7.11 Å². The summed E-state index contributed by atoms with van der Waals surface area (Å²) in [5.41, 5.74) is -1.01. The van der Waals surface area contributed by atoms with Crippen LogP contribution >= 0.6 is 0 Å². The summed E-state index contributed by atoms with van der Waals surface area (Å²) in [5.74, 6) is -0.512. The molecule has 4 fully saturated rings. The maximum absolute atomic E-state index is 14.5. The van der Waals surface area contributed by atoms with E-state index in [9.17, 15) is 23.1 Å². The van der Waals surface area contributed by atoms with Crippen LogP contribution in [-0.2, 0) is 28.6 Å². The minimum absolute atomic E-state index is 0.0226. The van der Waals surface area contributed by atoms with E-state index in [4.69, 9.17) is 8.92 Å². The molecule has 0 aromatic carbocycles. The molecule has 0 amide bonds. The van der Waals surface area contributed by atoms with Gasteiger partial charge in [0.2, 0.25) is 0 Å². The normalized spacial score (nSPS) is 47.3. The van der Waals surface area contributed by atoms with Crippen LogP contribution in [0.25, 0.3) is 0 Å². The van der Waals surface area contributed by atoms with E-state index in [0.29, 0.717) is 18.4 Å². The molecule has 0 heterocycles. The first-order valence-corrected chi connectivity index (χ1v) is 17.1. The second-order valence-electron chi connectivity index (χ2n) is 15.9. The number of ketones is 1. The van der Waals surface area contributed by atoms with Crippen molar-refractivity contribution in [1.82, 2.24) is 0 Å². The van der Waals surface area contributed by atoms with E-state index >= 15 is 0 Å². The average molecular weight is 591 g/mol. The van der Waals surface area contributed by atoms with Gasteiger partial charge in [0, 0.05) is 11.3 Å². The van der Waals surface area contributed by atoms with Crippen molar-refractivity contribution in [2.24, 2.45) is 50.2 Å². The molecule has 5 aliphatic carbocycles. The Hall–Kier alpha value is -1.51. The highest BCUT2D eigenvalue weighted by Crippen LogP contribution is 2.75.